The standard InChI is InChI=1S/C13H14ClN3/c1-10-4-2-3-5-11(10)6-7-15-13-16-8-12(14)9-17-13/h2-5,8-9H,6-7H2,1H3,(H,15,16,17). The van der Waals surface area contributed by atoms with Crippen molar-refractivity contribution in [1.29, 1.82) is 0 Å². The predicted molar refractivity (Wildman–Crippen MR) is 70.4 cm³/mol. The third-order valence-corrected chi connectivity index (χ3v) is 2.75. The van der Waals surface area contributed by atoms with Gasteiger partial charge in [0.15, 0.2) is 0 Å². The van der Waals surface area contributed by atoms with Crippen molar-refractivity contribution in [2.45, 2.75) is 13.3 Å². The van der Waals surface area contributed by atoms with E-state index in [1.165, 1.54) is 11.1 Å². The molecule has 1 aromatic heterocycles. The molecule has 1 aromatic carbocycles. The summed E-state index contributed by atoms with van der Waals surface area (Å²) in [6.45, 7) is 2.93. The van der Waals surface area contributed by atoms with Crippen LogP contribution in [0.5, 0.6) is 0 Å². The van der Waals surface area contributed by atoms with E-state index >= 15 is 0 Å². The second-order valence-electron chi connectivity index (χ2n) is 3.83. The fourth-order valence-corrected chi connectivity index (χ4v) is 1.70. The van der Waals surface area contributed by atoms with E-state index in [0.717, 1.165) is 13.0 Å². The zero-order valence-corrected chi connectivity index (χ0v) is 10.4. The monoisotopic (exact) mass is 247 g/mol. The Kier molecular flexibility index (Phi) is 3.94. The molecule has 0 fully saturated rings. The van der Waals surface area contributed by atoms with Crippen LogP contribution in [-0.4, -0.2) is 16.5 Å². The highest BCUT2D eigenvalue weighted by molar-refractivity contribution is 6.30. The Balaban J connectivity index is 1.88. The molecule has 1 N–H and O–H groups in total. The Morgan fingerprint density at radius 3 is 2.59 bits per heavy atom. The number of rotatable bonds is 4. The number of hydrogen-bond acceptors (Lipinski definition) is 3. The zero-order chi connectivity index (χ0) is 12.1. The van der Waals surface area contributed by atoms with Gasteiger partial charge in [0.2, 0.25) is 5.95 Å². The van der Waals surface area contributed by atoms with Crippen LogP contribution in [0.15, 0.2) is 36.7 Å². The number of benzene rings is 1. The average molecular weight is 248 g/mol. The summed E-state index contributed by atoms with van der Waals surface area (Å²) in [5, 5.41) is 3.72. The maximum absolute atomic E-state index is 5.71. The van der Waals surface area contributed by atoms with E-state index in [2.05, 4.69) is 46.5 Å². The normalized spacial score (nSPS) is 10.2. The number of aromatic nitrogens is 2. The lowest BCUT2D eigenvalue weighted by Gasteiger charge is -2.06. The molecule has 4 heteroatoms. The molecule has 0 amide bonds. The molecule has 0 aliphatic heterocycles. The van der Waals surface area contributed by atoms with Crippen molar-refractivity contribution >= 4 is 17.5 Å². The van der Waals surface area contributed by atoms with Crippen LogP contribution in [-0.2, 0) is 6.42 Å². The number of aryl methyl sites for hydroxylation is 1. The molecule has 0 bridgehead atoms. The van der Waals surface area contributed by atoms with Gasteiger partial charge in [-0.05, 0) is 24.5 Å². The number of nitrogens with zero attached hydrogens (tertiary/aromatic N) is 2. The summed E-state index contributed by atoms with van der Waals surface area (Å²) in [4.78, 5) is 8.16. The van der Waals surface area contributed by atoms with Crippen LogP contribution in [0, 0.1) is 6.92 Å². The van der Waals surface area contributed by atoms with Crippen molar-refractivity contribution in [2.75, 3.05) is 11.9 Å². The van der Waals surface area contributed by atoms with Crippen molar-refractivity contribution in [3.63, 3.8) is 0 Å². The van der Waals surface area contributed by atoms with Gasteiger partial charge in [0, 0.05) is 6.54 Å². The largest absolute Gasteiger partial charge is 0.354 e. The lowest BCUT2D eigenvalue weighted by molar-refractivity contribution is 0.974. The quantitative estimate of drug-likeness (QED) is 0.902. The van der Waals surface area contributed by atoms with Crippen LogP contribution in [0.4, 0.5) is 5.95 Å². The molecule has 17 heavy (non-hydrogen) atoms. The Bertz CT molecular complexity index is 482. The second-order valence-corrected chi connectivity index (χ2v) is 4.26. The van der Waals surface area contributed by atoms with Crippen LogP contribution in [0.1, 0.15) is 11.1 Å². The first kappa shape index (κ1) is 11.9. The van der Waals surface area contributed by atoms with Crippen LogP contribution in [0.25, 0.3) is 0 Å². The Morgan fingerprint density at radius 2 is 1.88 bits per heavy atom. The summed E-state index contributed by atoms with van der Waals surface area (Å²) in [6, 6.07) is 8.36. The van der Waals surface area contributed by atoms with Gasteiger partial charge in [0.05, 0.1) is 17.4 Å². The average Bonchev–Trinajstić information content (AvgIpc) is 2.34. The van der Waals surface area contributed by atoms with Gasteiger partial charge in [-0.2, -0.15) is 0 Å². The highest BCUT2D eigenvalue weighted by Crippen LogP contribution is 2.09. The molecule has 2 aromatic rings. The summed E-state index contributed by atoms with van der Waals surface area (Å²) in [6.07, 6.45) is 4.13. The highest BCUT2D eigenvalue weighted by atomic mass is 35.5. The number of hydrogen-bond donors (Lipinski definition) is 1. The Hall–Kier alpha value is -1.61. The third-order valence-electron chi connectivity index (χ3n) is 2.56. The zero-order valence-electron chi connectivity index (χ0n) is 9.65. The van der Waals surface area contributed by atoms with E-state index in [9.17, 15) is 0 Å². The first-order valence-electron chi connectivity index (χ1n) is 5.51. The summed E-state index contributed by atoms with van der Waals surface area (Å²) in [7, 11) is 0. The number of nitrogens with one attached hydrogen (secondary N) is 1. The maximum atomic E-state index is 5.71. The van der Waals surface area contributed by atoms with Gasteiger partial charge in [-0.15, -0.1) is 0 Å². The molecular formula is C13H14ClN3. The van der Waals surface area contributed by atoms with Gasteiger partial charge in [-0.1, -0.05) is 35.9 Å². The van der Waals surface area contributed by atoms with Gasteiger partial charge in [-0.25, -0.2) is 9.97 Å². The first-order chi connectivity index (χ1) is 8.25. The topological polar surface area (TPSA) is 37.8 Å². The highest BCUT2D eigenvalue weighted by Gasteiger charge is 1.98. The fourth-order valence-electron chi connectivity index (χ4n) is 1.60. The van der Waals surface area contributed by atoms with E-state index in [0.29, 0.717) is 11.0 Å². The molecule has 2 rings (SSSR count). The Morgan fingerprint density at radius 1 is 1.18 bits per heavy atom. The minimum Gasteiger partial charge on any atom is -0.354 e. The van der Waals surface area contributed by atoms with E-state index < -0.39 is 0 Å². The smallest absolute Gasteiger partial charge is 0.222 e. The van der Waals surface area contributed by atoms with Gasteiger partial charge < -0.3 is 5.32 Å². The van der Waals surface area contributed by atoms with Crippen molar-refractivity contribution in [3.05, 3.63) is 52.8 Å². The molecule has 0 atom stereocenters. The molecule has 1 heterocycles. The maximum Gasteiger partial charge on any atom is 0.222 e. The molecule has 0 spiro atoms. The van der Waals surface area contributed by atoms with Crippen molar-refractivity contribution < 1.29 is 0 Å². The molecule has 88 valence electrons. The third kappa shape index (κ3) is 3.43. The van der Waals surface area contributed by atoms with E-state index in [1.807, 2.05) is 0 Å². The molecule has 0 radical (unpaired) electrons. The summed E-state index contributed by atoms with van der Waals surface area (Å²) in [5.74, 6) is 0.614. The molecule has 0 aliphatic rings. The summed E-state index contributed by atoms with van der Waals surface area (Å²) >= 11 is 5.71. The predicted octanol–water partition coefficient (Wildman–Crippen LogP) is 3.09. The molecule has 3 nitrogen and oxygen atoms in total. The van der Waals surface area contributed by atoms with Crippen LogP contribution < -0.4 is 5.32 Å². The summed E-state index contributed by atoms with van der Waals surface area (Å²) < 4.78 is 0. The number of halogens is 1. The van der Waals surface area contributed by atoms with Crippen molar-refractivity contribution in [3.8, 4) is 0 Å². The lowest BCUT2D eigenvalue weighted by atomic mass is 10.1. The van der Waals surface area contributed by atoms with Crippen molar-refractivity contribution in [1.82, 2.24) is 9.97 Å². The van der Waals surface area contributed by atoms with Crippen LogP contribution in [0.3, 0.4) is 0 Å². The van der Waals surface area contributed by atoms with E-state index in [4.69, 9.17) is 11.6 Å². The van der Waals surface area contributed by atoms with E-state index in [-0.39, 0.29) is 0 Å². The second kappa shape index (κ2) is 5.64. The van der Waals surface area contributed by atoms with Crippen LogP contribution in [0.2, 0.25) is 5.02 Å². The van der Waals surface area contributed by atoms with Crippen molar-refractivity contribution in [2.24, 2.45) is 0 Å². The molecule has 0 aliphatic carbocycles. The van der Waals surface area contributed by atoms with Gasteiger partial charge in [-0.3, -0.25) is 0 Å². The lowest BCUT2D eigenvalue weighted by Crippen LogP contribution is -2.08. The fraction of sp³-hybridized carbons (Fsp3) is 0.231. The minimum absolute atomic E-state index is 0.550. The molecule has 0 saturated carbocycles. The van der Waals surface area contributed by atoms with Gasteiger partial charge in [0.25, 0.3) is 0 Å². The summed E-state index contributed by atoms with van der Waals surface area (Å²) in [5.41, 5.74) is 2.65. The Labute approximate surface area is 106 Å². The molecule has 0 unspecified atom stereocenters. The first-order valence-corrected chi connectivity index (χ1v) is 5.89. The van der Waals surface area contributed by atoms with Gasteiger partial charge in [0.1, 0.15) is 0 Å². The molecule has 0 saturated heterocycles. The number of anilines is 1. The van der Waals surface area contributed by atoms with Crippen LogP contribution >= 0.6 is 11.6 Å². The SMILES string of the molecule is Cc1ccccc1CCNc1ncc(Cl)cn1. The minimum atomic E-state index is 0.550. The molecular weight excluding hydrogens is 234 g/mol. The van der Waals surface area contributed by atoms with Gasteiger partial charge >= 0.3 is 0 Å². The van der Waals surface area contributed by atoms with E-state index in [1.54, 1.807) is 12.4 Å².